The van der Waals surface area contributed by atoms with E-state index in [0.717, 1.165) is 11.1 Å². The van der Waals surface area contributed by atoms with Crippen LogP contribution >= 0.6 is 11.6 Å². The van der Waals surface area contributed by atoms with E-state index in [1.165, 1.54) is 0 Å². The van der Waals surface area contributed by atoms with Gasteiger partial charge < -0.3 is 4.57 Å². The van der Waals surface area contributed by atoms with Gasteiger partial charge in [0.05, 0.1) is 18.0 Å². The van der Waals surface area contributed by atoms with Crippen LogP contribution in [0.4, 0.5) is 0 Å². The maximum Gasteiger partial charge on any atom is 0.241 e. The van der Waals surface area contributed by atoms with E-state index in [0.29, 0.717) is 34.1 Å². The lowest BCUT2D eigenvalue weighted by Gasteiger charge is -2.12. The van der Waals surface area contributed by atoms with Gasteiger partial charge in [-0.1, -0.05) is 41.9 Å². The Kier molecular flexibility index (Phi) is 5.60. The summed E-state index contributed by atoms with van der Waals surface area (Å²) in [7, 11) is -3.70. The van der Waals surface area contributed by atoms with Gasteiger partial charge in [0.25, 0.3) is 0 Å². The summed E-state index contributed by atoms with van der Waals surface area (Å²) in [4.78, 5) is 9.31. The third-order valence-corrected chi connectivity index (χ3v) is 6.83. The third-order valence-electron chi connectivity index (χ3n) is 4.92. The average molecular weight is 441 g/mol. The zero-order chi connectivity index (χ0) is 21.3. The molecule has 1 N–H and O–H groups in total. The smallest absolute Gasteiger partial charge is 0.241 e. The Balaban J connectivity index is 1.69. The van der Waals surface area contributed by atoms with Crippen LogP contribution in [0, 0.1) is 13.8 Å². The Labute approximate surface area is 180 Å². The molecule has 2 aromatic carbocycles. The molecule has 154 valence electrons. The van der Waals surface area contributed by atoms with Crippen molar-refractivity contribution in [2.45, 2.75) is 31.8 Å². The first-order chi connectivity index (χ1) is 14.3. The third kappa shape index (κ3) is 4.09. The molecule has 0 bridgehead atoms. The minimum atomic E-state index is -3.70. The van der Waals surface area contributed by atoms with E-state index in [9.17, 15) is 8.42 Å². The highest BCUT2D eigenvalue weighted by atomic mass is 35.5. The monoisotopic (exact) mass is 440 g/mol. The van der Waals surface area contributed by atoms with Gasteiger partial charge in [0.2, 0.25) is 10.0 Å². The number of nitrogens with one attached hydrogen (secondary N) is 1. The number of fused-ring (bicyclic) bond motifs is 1. The molecule has 0 spiro atoms. The quantitative estimate of drug-likeness (QED) is 0.486. The van der Waals surface area contributed by atoms with Crippen molar-refractivity contribution in [1.29, 1.82) is 0 Å². The highest BCUT2D eigenvalue weighted by molar-refractivity contribution is 7.89. The molecule has 0 unspecified atom stereocenters. The number of aromatic nitrogens is 3. The first kappa shape index (κ1) is 20.5. The number of rotatable bonds is 6. The molecule has 2 aromatic heterocycles. The van der Waals surface area contributed by atoms with Crippen molar-refractivity contribution in [1.82, 2.24) is 19.3 Å². The topological polar surface area (TPSA) is 76.9 Å². The summed E-state index contributed by atoms with van der Waals surface area (Å²) >= 11 is 6.34. The molecule has 0 aliphatic heterocycles. The van der Waals surface area contributed by atoms with Crippen LogP contribution in [0.3, 0.4) is 0 Å². The Bertz CT molecular complexity index is 1330. The van der Waals surface area contributed by atoms with Crippen LogP contribution in [0.25, 0.3) is 11.2 Å². The number of halogens is 1. The molecular weight excluding hydrogens is 420 g/mol. The van der Waals surface area contributed by atoms with Crippen molar-refractivity contribution in [3.63, 3.8) is 0 Å². The average Bonchev–Trinajstić information content (AvgIpc) is 3.07. The number of hydrogen-bond acceptors (Lipinski definition) is 4. The number of benzene rings is 2. The van der Waals surface area contributed by atoms with E-state index >= 15 is 0 Å². The number of imidazole rings is 1. The number of nitrogens with zero attached hydrogens (tertiary/aromatic N) is 3. The lowest BCUT2D eigenvalue weighted by molar-refractivity contribution is 0.576. The number of pyridine rings is 1. The molecule has 0 atom stereocenters. The molecule has 30 heavy (non-hydrogen) atoms. The van der Waals surface area contributed by atoms with E-state index in [1.807, 2.05) is 47.9 Å². The molecule has 2 heterocycles. The van der Waals surface area contributed by atoms with Crippen molar-refractivity contribution < 1.29 is 8.42 Å². The van der Waals surface area contributed by atoms with Crippen LogP contribution in [0.15, 0.2) is 65.7 Å². The highest BCUT2D eigenvalue weighted by Crippen LogP contribution is 2.22. The van der Waals surface area contributed by atoms with Gasteiger partial charge in [0, 0.05) is 11.2 Å². The molecule has 0 fully saturated rings. The second-order valence-electron chi connectivity index (χ2n) is 7.15. The summed E-state index contributed by atoms with van der Waals surface area (Å²) in [6.45, 7) is 4.13. The zero-order valence-electron chi connectivity index (χ0n) is 16.6. The van der Waals surface area contributed by atoms with Crippen LogP contribution in [0.1, 0.15) is 22.5 Å². The zero-order valence-corrected chi connectivity index (χ0v) is 18.2. The molecule has 8 heteroatoms. The van der Waals surface area contributed by atoms with Crippen LogP contribution < -0.4 is 4.72 Å². The van der Waals surface area contributed by atoms with Gasteiger partial charge in [-0.3, -0.25) is 0 Å². The molecule has 0 saturated heterocycles. The predicted molar refractivity (Wildman–Crippen MR) is 118 cm³/mol. The Hall–Kier alpha value is -2.74. The van der Waals surface area contributed by atoms with Crippen LogP contribution in [0.2, 0.25) is 5.02 Å². The van der Waals surface area contributed by atoms with Gasteiger partial charge in [-0.15, -0.1) is 0 Å². The van der Waals surface area contributed by atoms with Crippen LogP contribution in [-0.2, 0) is 23.1 Å². The van der Waals surface area contributed by atoms with E-state index in [1.54, 1.807) is 31.3 Å². The minimum Gasteiger partial charge on any atom is -0.307 e. The fraction of sp³-hybridized carbons (Fsp3) is 0.182. The largest absolute Gasteiger partial charge is 0.307 e. The van der Waals surface area contributed by atoms with Crippen molar-refractivity contribution in [2.24, 2.45) is 0 Å². The Morgan fingerprint density at radius 2 is 1.87 bits per heavy atom. The summed E-state index contributed by atoms with van der Waals surface area (Å²) in [5.74, 6) is 0.567. The van der Waals surface area contributed by atoms with E-state index in [-0.39, 0.29) is 11.4 Å². The molecule has 4 rings (SSSR count). The Morgan fingerprint density at radius 1 is 1.07 bits per heavy atom. The first-order valence-electron chi connectivity index (χ1n) is 9.45. The van der Waals surface area contributed by atoms with Gasteiger partial charge in [0.1, 0.15) is 11.3 Å². The molecule has 4 aromatic rings. The van der Waals surface area contributed by atoms with E-state index in [2.05, 4.69) is 14.7 Å². The summed E-state index contributed by atoms with van der Waals surface area (Å²) in [6.07, 6.45) is 1.69. The molecular formula is C22H21ClN4O2S. The molecule has 0 aliphatic carbocycles. The van der Waals surface area contributed by atoms with Crippen LogP contribution in [-0.4, -0.2) is 23.0 Å². The first-order valence-corrected chi connectivity index (χ1v) is 11.3. The van der Waals surface area contributed by atoms with Crippen LogP contribution in [0.5, 0.6) is 0 Å². The maximum atomic E-state index is 12.9. The SMILES string of the molecule is Cc1ccc(C)c(S(=O)(=O)NCc2nc3cccnc3n2Cc2ccccc2Cl)c1. The molecule has 6 nitrogen and oxygen atoms in total. The number of sulfonamides is 1. The lowest BCUT2D eigenvalue weighted by Crippen LogP contribution is -2.26. The second kappa shape index (κ2) is 8.18. The van der Waals surface area contributed by atoms with Gasteiger partial charge in [-0.25, -0.2) is 23.1 Å². The van der Waals surface area contributed by atoms with Crippen molar-refractivity contribution >= 4 is 32.8 Å². The maximum absolute atomic E-state index is 12.9. The summed E-state index contributed by atoms with van der Waals surface area (Å²) in [6, 6.07) is 16.6. The highest BCUT2D eigenvalue weighted by Gasteiger charge is 2.20. The summed E-state index contributed by atoms with van der Waals surface area (Å²) in [5.41, 5.74) is 3.86. The van der Waals surface area contributed by atoms with Crippen molar-refractivity contribution in [3.05, 3.63) is 88.3 Å². The summed E-state index contributed by atoms with van der Waals surface area (Å²) < 4.78 is 30.4. The lowest BCUT2D eigenvalue weighted by atomic mass is 10.2. The fourth-order valence-electron chi connectivity index (χ4n) is 3.34. The van der Waals surface area contributed by atoms with Gasteiger partial charge in [-0.2, -0.15) is 0 Å². The van der Waals surface area contributed by atoms with Gasteiger partial charge in [0.15, 0.2) is 5.65 Å². The summed E-state index contributed by atoms with van der Waals surface area (Å²) in [5, 5.41) is 0.636. The predicted octanol–water partition coefficient (Wildman–Crippen LogP) is 4.23. The number of hydrogen-bond donors (Lipinski definition) is 1. The molecule has 0 saturated carbocycles. The molecule has 0 aliphatic rings. The van der Waals surface area contributed by atoms with Crippen molar-refractivity contribution in [2.75, 3.05) is 0 Å². The molecule has 0 amide bonds. The van der Waals surface area contributed by atoms with Gasteiger partial charge in [-0.05, 0) is 54.8 Å². The molecule has 0 radical (unpaired) electrons. The second-order valence-corrected chi connectivity index (χ2v) is 9.29. The van der Waals surface area contributed by atoms with E-state index in [4.69, 9.17) is 11.6 Å². The van der Waals surface area contributed by atoms with E-state index < -0.39 is 10.0 Å². The minimum absolute atomic E-state index is 0.0382. The van der Waals surface area contributed by atoms with Gasteiger partial charge >= 0.3 is 0 Å². The fourth-order valence-corrected chi connectivity index (χ4v) is 4.84. The Morgan fingerprint density at radius 3 is 2.67 bits per heavy atom. The number of aryl methyl sites for hydroxylation is 2. The van der Waals surface area contributed by atoms with Crippen molar-refractivity contribution in [3.8, 4) is 0 Å². The standard InChI is InChI=1S/C22H21ClN4O2S/c1-15-9-10-16(2)20(12-15)30(28,29)25-13-21-26-19-8-5-11-24-22(19)27(21)14-17-6-3-4-7-18(17)23/h3-12,25H,13-14H2,1-2H3. The normalized spacial score (nSPS) is 11.8.